The third kappa shape index (κ3) is 1.61. The van der Waals surface area contributed by atoms with Crippen molar-refractivity contribution < 1.29 is 14.3 Å². The number of para-hydroxylation sites is 2. The van der Waals surface area contributed by atoms with Gasteiger partial charge < -0.3 is 9.47 Å². The van der Waals surface area contributed by atoms with Crippen LogP contribution in [0.4, 0.5) is 5.69 Å². The first-order valence-corrected chi connectivity index (χ1v) is 5.99. The van der Waals surface area contributed by atoms with Crippen LogP contribution in [0.2, 0.25) is 0 Å². The topological polar surface area (TPSA) is 38.8 Å². The summed E-state index contributed by atoms with van der Waals surface area (Å²) in [6.07, 6.45) is 2.88. The van der Waals surface area contributed by atoms with Gasteiger partial charge in [0.2, 0.25) is 0 Å². The standard InChI is InChI=1S/C14H15NO3/c1-14(2)13-15(12(16)8-5-9-17-13)10-6-3-4-7-11(10)18-14/h3-8,13H,9H2,1-2H3. The van der Waals surface area contributed by atoms with Crippen molar-refractivity contribution in [3.8, 4) is 5.75 Å². The minimum absolute atomic E-state index is 0.0682. The van der Waals surface area contributed by atoms with Crippen molar-refractivity contribution in [2.45, 2.75) is 25.7 Å². The number of anilines is 1. The van der Waals surface area contributed by atoms with E-state index in [1.165, 1.54) is 0 Å². The Balaban J connectivity index is 2.16. The van der Waals surface area contributed by atoms with Crippen LogP contribution < -0.4 is 9.64 Å². The molecule has 18 heavy (non-hydrogen) atoms. The molecule has 3 rings (SSSR count). The summed E-state index contributed by atoms with van der Waals surface area (Å²) in [7, 11) is 0. The smallest absolute Gasteiger partial charge is 0.253 e. The van der Waals surface area contributed by atoms with Crippen molar-refractivity contribution in [1.29, 1.82) is 0 Å². The summed E-state index contributed by atoms with van der Waals surface area (Å²) in [5.41, 5.74) is 0.189. The molecule has 2 aliphatic heterocycles. The molecule has 0 spiro atoms. The van der Waals surface area contributed by atoms with Gasteiger partial charge in [-0.2, -0.15) is 0 Å². The minimum Gasteiger partial charge on any atom is -0.481 e. The summed E-state index contributed by atoms with van der Waals surface area (Å²) >= 11 is 0. The van der Waals surface area contributed by atoms with Gasteiger partial charge in [-0.05, 0) is 26.0 Å². The molecule has 1 unspecified atom stereocenters. The summed E-state index contributed by atoms with van der Waals surface area (Å²) in [6, 6.07) is 7.53. The average Bonchev–Trinajstić information content (AvgIpc) is 2.52. The van der Waals surface area contributed by atoms with Gasteiger partial charge in [0.25, 0.3) is 5.91 Å². The van der Waals surface area contributed by atoms with Gasteiger partial charge in [-0.25, -0.2) is 0 Å². The average molecular weight is 245 g/mol. The Morgan fingerprint density at radius 3 is 2.94 bits per heavy atom. The number of fused-ring (bicyclic) bond motifs is 3. The second-order valence-corrected chi connectivity index (χ2v) is 4.97. The molecule has 0 bridgehead atoms. The summed E-state index contributed by atoms with van der Waals surface area (Å²) < 4.78 is 11.7. The minimum atomic E-state index is -0.573. The highest BCUT2D eigenvalue weighted by molar-refractivity contribution is 6.03. The Kier molecular flexibility index (Phi) is 2.41. The maximum Gasteiger partial charge on any atom is 0.253 e. The first kappa shape index (κ1) is 11.3. The van der Waals surface area contributed by atoms with Gasteiger partial charge in [-0.3, -0.25) is 9.69 Å². The molecule has 2 aliphatic rings. The van der Waals surface area contributed by atoms with E-state index in [1.807, 2.05) is 38.1 Å². The Morgan fingerprint density at radius 2 is 2.11 bits per heavy atom. The van der Waals surface area contributed by atoms with Crippen LogP contribution in [0.5, 0.6) is 5.75 Å². The number of carbonyl (C=O) groups is 1. The number of ether oxygens (including phenoxy) is 2. The van der Waals surface area contributed by atoms with Gasteiger partial charge in [0.05, 0.1) is 12.3 Å². The number of amides is 1. The van der Waals surface area contributed by atoms with E-state index in [9.17, 15) is 4.79 Å². The molecule has 0 saturated carbocycles. The molecule has 0 radical (unpaired) electrons. The fraction of sp³-hybridized carbons (Fsp3) is 0.357. The van der Waals surface area contributed by atoms with E-state index in [1.54, 1.807) is 17.1 Å². The normalized spacial score (nSPS) is 24.9. The Morgan fingerprint density at radius 1 is 1.33 bits per heavy atom. The highest BCUT2D eigenvalue weighted by atomic mass is 16.6. The molecular weight excluding hydrogens is 230 g/mol. The monoisotopic (exact) mass is 245 g/mol. The highest BCUT2D eigenvalue weighted by Crippen LogP contribution is 2.41. The molecule has 0 aliphatic carbocycles. The van der Waals surface area contributed by atoms with Crippen LogP contribution >= 0.6 is 0 Å². The second-order valence-electron chi connectivity index (χ2n) is 4.97. The van der Waals surface area contributed by atoms with Crippen molar-refractivity contribution in [1.82, 2.24) is 0 Å². The molecule has 2 heterocycles. The lowest BCUT2D eigenvalue weighted by atomic mass is 10.0. The van der Waals surface area contributed by atoms with E-state index in [2.05, 4.69) is 0 Å². The lowest BCUT2D eigenvalue weighted by Gasteiger charge is -2.45. The highest BCUT2D eigenvalue weighted by Gasteiger charge is 2.45. The predicted molar refractivity (Wildman–Crippen MR) is 67.5 cm³/mol. The first-order valence-electron chi connectivity index (χ1n) is 5.99. The quantitative estimate of drug-likeness (QED) is 0.702. The summed E-state index contributed by atoms with van der Waals surface area (Å²) in [5, 5.41) is 0. The van der Waals surface area contributed by atoms with Gasteiger partial charge in [-0.1, -0.05) is 18.2 Å². The lowest BCUT2D eigenvalue weighted by Crippen LogP contribution is -2.58. The molecule has 1 aromatic rings. The van der Waals surface area contributed by atoms with Crippen molar-refractivity contribution in [3.63, 3.8) is 0 Å². The zero-order valence-corrected chi connectivity index (χ0v) is 10.4. The SMILES string of the molecule is CC1(C)Oc2ccccc2N2C(=O)C=CCOC21. The fourth-order valence-corrected chi connectivity index (χ4v) is 2.40. The fourth-order valence-electron chi connectivity index (χ4n) is 2.40. The molecule has 1 atom stereocenters. The van der Waals surface area contributed by atoms with Crippen LogP contribution in [0.15, 0.2) is 36.4 Å². The third-order valence-electron chi connectivity index (χ3n) is 3.18. The Bertz CT molecular complexity index is 522. The summed E-state index contributed by atoms with van der Waals surface area (Å²) in [6.45, 7) is 4.28. The molecule has 0 fully saturated rings. The van der Waals surface area contributed by atoms with Crippen LogP contribution in [0, 0.1) is 0 Å². The van der Waals surface area contributed by atoms with E-state index >= 15 is 0 Å². The van der Waals surface area contributed by atoms with E-state index < -0.39 is 11.8 Å². The van der Waals surface area contributed by atoms with Crippen LogP contribution in [0.1, 0.15) is 13.8 Å². The van der Waals surface area contributed by atoms with Crippen molar-refractivity contribution in [2.75, 3.05) is 11.5 Å². The van der Waals surface area contributed by atoms with Crippen molar-refractivity contribution in [2.24, 2.45) is 0 Å². The molecule has 0 N–H and O–H groups in total. The third-order valence-corrected chi connectivity index (χ3v) is 3.18. The Labute approximate surface area is 106 Å². The van der Waals surface area contributed by atoms with Crippen LogP contribution in [-0.4, -0.2) is 24.3 Å². The van der Waals surface area contributed by atoms with Gasteiger partial charge >= 0.3 is 0 Å². The Hall–Kier alpha value is -1.81. The predicted octanol–water partition coefficient (Wildman–Crippen LogP) is 2.10. The van der Waals surface area contributed by atoms with Crippen LogP contribution in [-0.2, 0) is 9.53 Å². The van der Waals surface area contributed by atoms with Gasteiger partial charge in [0.15, 0.2) is 6.23 Å². The van der Waals surface area contributed by atoms with E-state index in [-0.39, 0.29) is 5.91 Å². The van der Waals surface area contributed by atoms with Crippen LogP contribution in [0.25, 0.3) is 0 Å². The maximum atomic E-state index is 12.2. The molecule has 0 saturated heterocycles. The lowest BCUT2D eigenvalue weighted by molar-refractivity contribution is -0.123. The maximum absolute atomic E-state index is 12.2. The van der Waals surface area contributed by atoms with E-state index in [0.29, 0.717) is 12.4 Å². The van der Waals surface area contributed by atoms with Crippen molar-refractivity contribution >= 4 is 11.6 Å². The number of benzene rings is 1. The van der Waals surface area contributed by atoms with E-state index in [4.69, 9.17) is 9.47 Å². The first-order chi connectivity index (χ1) is 8.59. The molecule has 4 nitrogen and oxygen atoms in total. The number of hydrogen-bond donors (Lipinski definition) is 0. The number of rotatable bonds is 0. The summed E-state index contributed by atoms with van der Waals surface area (Å²) in [4.78, 5) is 13.9. The van der Waals surface area contributed by atoms with Crippen molar-refractivity contribution in [3.05, 3.63) is 36.4 Å². The molecule has 1 amide bonds. The van der Waals surface area contributed by atoms with E-state index in [0.717, 1.165) is 5.69 Å². The number of carbonyl (C=O) groups excluding carboxylic acids is 1. The molecular formula is C14H15NO3. The zero-order chi connectivity index (χ0) is 12.8. The zero-order valence-electron chi connectivity index (χ0n) is 10.4. The number of hydrogen-bond acceptors (Lipinski definition) is 3. The largest absolute Gasteiger partial charge is 0.481 e. The molecule has 0 aromatic heterocycles. The second kappa shape index (κ2) is 3.85. The molecule has 4 heteroatoms. The van der Waals surface area contributed by atoms with Gasteiger partial charge in [0, 0.05) is 6.08 Å². The molecule has 94 valence electrons. The summed E-state index contributed by atoms with van der Waals surface area (Å²) in [5.74, 6) is 0.646. The van der Waals surface area contributed by atoms with Gasteiger partial charge in [-0.15, -0.1) is 0 Å². The van der Waals surface area contributed by atoms with Gasteiger partial charge in [0.1, 0.15) is 11.4 Å². The van der Waals surface area contributed by atoms with Crippen LogP contribution in [0.3, 0.4) is 0 Å². The molecule has 1 aromatic carbocycles. The number of nitrogens with zero attached hydrogens (tertiary/aromatic N) is 1.